The van der Waals surface area contributed by atoms with Gasteiger partial charge in [0.25, 0.3) is 0 Å². The van der Waals surface area contributed by atoms with Crippen molar-refractivity contribution in [3.05, 3.63) is 29.8 Å². The Kier molecular flexibility index (Phi) is 5.69. The third-order valence-corrected chi connectivity index (χ3v) is 3.00. The number of benzene rings is 1. The molecule has 19 heavy (non-hydrogen) atoms. The molecule has 1 heterocycles. The van der Waals surface area contributed by atoms with Crippen molar-refractivity contribution >= 4 is 6.21 Å². The first-order chi connectivity index (χ1) is 9.38. The van der Waals surface area contributed by atoms with E-state index in [1.54, 1.807) is 0 Å². The van der Waals surface area contributed by atoms with Crippen LogP contribution in [-0.2, 0) is 4.74 Å². The fraction of sp³-hybridized carbons (Fsp3) is 0.533. The number of ether oxygens (including phenoxy) is 2. The van der Waals surface area contributed by atoms with Crippen LogP contribution in [0.1, 0.15) is 25.3 Å². The van der Waals surface area contributed by atoms with Crippen molar-refractivity contribution in [2.45, 2.75) is 19.8 Å². The molecule has 2 rings (SSSR count). The maximum absolute atomic E-state index is 5.62. The second kappa shape index (κ2) is 7.79. The van der Waals surface area contributed by atoms with E-state index in [-0.39, 0.29) is 0 Å². The van der Waals surface area contributed by atoms with Gasteiger partial charge in [0.15, 0.2) is 0 Å². The molecule has 0 saturated carbocycles. The van der Waals surface area contributed by atoms with Crippen molar-refractivity contribution in [3.8, 4) is 5.75 Å². The molecule has 1 fully saturated rings. The maximum Gasteiger partial charge on any atom is 0.119 e. The third kappa shape index (κ3) is 4.91. The number of hydrogen-bond donors (Lipinski definition) is 0. The van der Waals surface area contributed by atoms with Gasteiger partial charge in [-0.2, -0.15) is 5.10 Å². The summed E-state index contributed by atoms with van der Waals surface area (Å²) in [6, 6.07) is 8.06. The van der Waals surface area contributed by atoms with Gasteiger partial charge in [0.2, 0.25) is 0 Å². The smallest absolute Gasteiger partial charge is 0.119 e. The first kappa shape index (κ1) is 13.9. The average Bonchev–Trinajstić information content (AvgIpc) is 2.48. The van der Waals surface area contributed by atoms with E-state index in [1.807, 2.05) is 35.5 Å². The van der Waals surface area contributed by atoms with E-state index in [9.17, 15) is 0 Å². The molecule has 0 atom stereocenters. The molecule has 4 heteroatoms. The minimum atomic E-state index is 0.765. The molecule has 4 nitrogen and oxygen atoms in total. The van der Waals surface area contributed by atoms with Crippen LogP contribution in [0.25, 0.3) is 0 Å². The predicted octanol–water partition coefficient (Wildman–Crippen LogP) is 2.53. The predicted molar refractivity (Wildman–Crippen MR) is 76.8 cm³/mol. The van der Waals surface area contributed by atoms with E-state index in [2.05, 4.69) is 12.0 Å². The first-order valence-electron chi connectivity index (χ1n) is 6.98. The molecule has 1 saturated heterocycles. The highest BCUT2D eigenvalue weighted by atomic mass is 16.5. The van der Waals surface area contributed by atoms with Crippen molar-refractivity contribution in [3.63, 3.8) is 0 Å². The number of unbranched alkanes of at least 4 members (excludes halogenated alkanes) is 1. The van der Waals surface area contributed by atoms with Crippen LogP contribution in [0.2, 0.25) is 0 Å². The summed E-state index contributed by atoms with van der Waals surface area (Å²) in [5.74, 6) is 0.928. The Bertz CT molecular complexity index is 384. The fourth-order valence-electron chi connectivity index (χ4n) is 1.80. The third-order valence-electron chi connectivity index (χ3n) is 3.00. The molecule has 0 unspecified atom stereocenters. The Morgan fingerprint density at radius 3 is 2.68 bits per heavy atom. The SMILES string of the molecule is CCCCOc1ccc(/C=N\N2CCOCC2)cc1. The number of rotatable bonds is 6. The molecule has 0 radical (unpaired) electrons. The first-order valence-corrected chi connectivity index (χ1v) is 6.98. The molecule has 1 aliphatic heterocycles. The number of hydrazone groups is 1. The lowest BCUT2D eigenvalue weighted by atomic mass is 10.2. The van der Waals surface area contributed by atoms with Crippen LogP contribution >= 0.6 is 0 Å². The molecular weight excluding hydrogens is 240 g/mol. The summed E-state index contributed by atoms with van der Waals surface area (Å²) in [5.41, 5.74) is 1.09. The summed E-state index contributed by atoms with van der Waals surface area (Å²) in [5, 5.41) is 6.48. The van der Waals surface area contributed by atoms with Crippen LogP contribution in [-0.4, -0.2) is 44.1 Å². The van der Waals surface area contributed by atoms with Crippen molar-refractivity contribution in [2.24, 2.45) is 5.10 Å². The molecule has 1 aliphatic rings. The van der Waals surface area contributed by atoms with Gasteiger partial charge in [-0.15, -0.1) is 0 Å². The number of hydrogen-bond acceptors (Lipinski definition) is 4. The highest BCUT2D eigenvalue weighted by molar-refractivity contribution is 5.79. The van der Waals surface area contributed by atoms with Crippen LogP contribution < -0.4 is 4.74 Å². The zero-order chi connectivity index (χ0) is 13.3. The van der Waals surface area contributed by atoms with E-state index in [4.69, 9.17) is 9.47 Å². The molecule has 0 amide bonds. The van der Waals surface area contributed by atoms with Gasteiger partial charge in [-0.3, -0.25) is 5.01 Å². The van der Waals surface area contributed by atoms with Gasteiger partial charge >= 0.3 is 0 Å². The average molecular weight is 262 g/mol. The normalized spacial score (nSPS) is 15.9. The highest BCUT2D eigenvalue weighted by Crippen LogP contribution is 2.12. The molecule has 0 bridgehead atoms. The van der Waals surface area contributed by atoms with E-state index in [0.717, 1.165) is 57.1 Å². The molecule has 1 aromatic carbocycles. The standard InChI is InChI=1S/C15H22N2O2/c1-2-3-10-19-15-6-4-14(5-7-15)13-16-17-8-11-18-12-9-17/h4-7,13H,2-3,8-12H2,1H3/b16-13-. The monoisotopic (exact) mass is 262 g/mol. The second-order valence-electron chi connectivity index (χ2n) is 4.58. The summed E-state index contributed by atoms with van der Waals surface area (Å²) in [7, 11) is 0. The van der Waals surface area contributed by atoms with E-state index in [0.29, 0.717) is 0 Å². The molecule has 1 aromatic rings. The summed E-state index contributed by atoms with van der Waals surface area (Å²) in [6.45, 7) is 6.22. The highest BCUT2D eigenvalue weighted by Gasteiger charge is 2.06. The Balaban J connectivity index is 1.82. The van der Waals surface area contributed by atoms with E-state index >= 15 is 0 Å². The maximum atomic E-state index is 5.62. The van der Waals surface area contributed by atoms with Gasteiger partial charge in [0.1, 0.15) is 5.75 Å². The quantitative estimate of drug-likeness (QED) is 0.583. The van der Waals surface area contributed by atoms with Crippen LogP contribution in [0, 0.1) is 0 Å². The molecular formula is C15H22N2O2. The minimum absolute atomic E-state index is 0.765. The van der Waals surface area contributed by atoms with Gasteiger partial charge < -0.3 is 9.47 Å². The summed E-state index contributed by atoms with van der Waals surface area (Å²) in [4.78, 5) is 0. The second-order valence-corrected chi connectivity index (χ2v) is 4.58. The molecule has 0 spiro atoms. The lowest BCUT2D eigenvalue weighted by Crippen LogP contribution is -2.32. The van der Waals surface area contributed by atoms with Gasteiger partial charge in [-0.1, -0.05) is 13.3 Å². The number of morpholine rings is 1. The zero-order valence-electron chi connectivity index (χ0n) is 11.5. The lowest BCUT2D eigenvalue weighted by molar-refractivity contribution is 0.0397. The van der Waals surface area contributed by atoms with E-state index in [1.165, 1.54) is 0 Å². The van der Waals surface area contributed by atoms with E-state index < -0.39 is 0 Å². The summed E-state index contributed by atoms with van der Waals surface area (Å²) in [6.07, 6.45) is 4.14. The van der Waals surface area contributed by atoms with Crippen LogP contribution in [0.15, 0.2) is 29.4 Å². The Morgan fingerprint density at radius 1 is 1.26 bits per heavy atom. The van der Waals surface area contributed by atoms with Crippen molar-refractivity contribution < 1.29 is 9.47 Å². The van der Waals surface area contributed by atoms with Crippen LogP contribution in [0.5, 0.6) is 5.75 Å². The Hall–Kier alpha value is -1.55. The number of nitrogens with zero attached hydrogens (tertiary/aromatic N) is 2. The summed E-state index contributed by atoms with van der Waals surface area (Å²) < 4.78 is 10.9. The molecule has 104 valence electrons. The van der Waals surface area contributed by atoms with Gasteiger partial charge in [0.05, 0.1) is 39.1 Å². The Labute approximate surface area is 115 Å². The van der Waals surface area contributed by atoms with Crippen molar-refractivity contribution in [1.82, 2.24) is 5.01 Å². The minimum Gasteiger partial charge on any atom is -0.494 e. The lowest BCUT2D eigenvalue weighted by Gasteiger charge is -2.23. The van der Waals surface area contributed by atoms with Crippen molar-refractivity contribution in [2.75, 3.05) is 32.9 Å². The van der Waals surface area contributed by atoms with Crippen LogP contribution in [0.3, 0.4) is 0 Å². The Morgan fingerprint density at radius 2 is 2.00 bits per heavy atom. The zero-order valence-corrected chi connectivity index (χ0v) is 11.5. The topological polar surface area (TPSA) is 34.1 Å². The molecule has 0 N–H and O–H groups in total. The molecule has 0 aromatic heterocycles. The summed E-state index contributed by atoms with van der Waals surface area (Å²) >= 11 is 0. The van der Waals surface area contributed by atoms with Crippen molar-refractivity contribution in [1.29, 1.82) is 0 Å². The van der Waals surface area contributed by atoms with Gasteiger partial charge in [-0.05, 0) is 36.2 Å². The fourth-order valence-corrected chi connectivity index (χ4v) is 1.80. The van der Waals surface area contributed by atoms with Gasteiger partial charge in [-0.25, -0.2) is 0 Å². The van der Waals surface area contributed by atoms with Crippen LogP contribution in [0.4, 0.5) is 0 Å². The van der Waals surface area contributed by atoms with Gasteiger partial charge in [0, 0.05) is 0 Å². The molecule has 0 aliphatic carbocycles. The largest absolute Gasteiger partial charge is 0.494 e.